The van der Waals surface area contributed by atoms with Crippen molar-refractivity contribution in [2.75, 3.05) is 32.8 Å². The Morgan fingerprint density at radius 3 is 2.68 bits per heavy atom. The number of hydrogen-bond acceptors (Lipinski definition) is 5. The predicted molar refractivity (Wildman–Crippen MR) is 127 cm³/mol. The zero-order valence-corrected chi connectivity index (χ0v) is 19.2. The molecule has 1 aliphatic rings. The highest BCUT2D eigenvalue weighted by Gasteiger charge is 2.19. The molecule has 3 aromatic heterocycles. The molecule has 0 spiro atoms. The van der Waals surface area contributed by atoms with E-state index in [0.29, 0.717) is 23.6 Å². The second-order valence-corrected chi connectivity index (χ2v) is 8.66. The van der Waals surface area contributed by atoms with E-state index in [1.54, 1.807) is 24.7 Å². The summed E-state index contributed by atoms with van der Waals surface area (Å²) in [5, 5.41) is 0.0418. The molecule has 1 aromatic carbocycles. The fourth-order valence-corrected chi connectivity index (χ4v) is 4.44. The van der Waals surface area contributed by atoms with Crippen molar-refractivity contribution in [3.05, 3.63) is 65.6 Å². The topological polar surface area (TPSA) is 90.7 Å². The molecule has 8 nitrogen and oxygen atoms in total. The van der Waals surface area contributed by atoms with E-state index >= 15 is 0 Å². The van der Waals surface area contributed by atoms with Crippen LogP contribution in [0.4, 0.5) is 4.39 Å². The van der Waals surface area contributed by atoms with Gasteiger partial charge in [0.15, 0.2) is 0 Å². The summed E-state index contributed by atoms with van der Waals surface area (Å²) in [5.74, 6) is -0.904. The molecule has 1 amide bonds. The number of halogens is 2. The quantitative estimate of drug-likeness (QED) is 0.437. The molecular formula is C24H24ClFN6O2. The van der Waals surface area contributed by atoms with Gasteiger partial charge in [-0.05, 0) is 30.3 Å². The summed E-state index contributed by atoms with van der Waals surface area (Å²) < 4.78 is 23.2. The van der Waals surface area contributed by atoms with E-state index in [-0.39, 0.29) is 11.4 Å². The van der Waals surface area contributed by atoms with Gasteiger partial charge in [-0.2, -0.15) is 0 Å². The Morgan fingerprint density at radius 2 is 1.91 bits per heavy atom. The molecule has 5 rings (SSSR count). The molecule has 4 aromatic rings. The number of hydrogen-bond donors (Lipinski definition) is 1. The Hall–Kier alpha value is -3.27. The average Bonchev–Trinajstić information content (AvgIpc) is 3.44. The maximum atomic E-state index is 13.8. The lowest BCUT2D eigenvalue weighted by molar-refractivity contribution is -0.117. The van der Waals surface area contributed by atoms with Crippen molar-refractivity contribution in [3.63, 3.8) is 0 Å². The number of morpholine rings is 1. The van der Waals surface area contributed by atoms with Gasteiger partial charge in [0.05, 0.1) is 48.1 Å². The van der Waals surface area contributed by atoms with Crippen molar-refractivity contribution in [1.29, 1.82) is 0 Å². The summed E-state index contributed by atoms with van der Waals surface area (Å²) in [5.41, 5.74) is 10.00. The maximum absolute atomic E-state index is 13.8. The van der Waals surface area contributed by atoms with Gasteiger partial charge in [-0.15, -0.1) is 0 Å². The summed E-state index contributed by atoms with van der Waals surface area (Å²) in [6.07, 6.45) is 5.46. The number of primary amides is 1. The SMILES string of the molecule is NC(=O)Cc1cnc2ccc(-c3c(-c4ccc(F)c(Cl)c4)ncn3CCN3CCOCC3)cn12. The Labute approximate surface area is 200 Å². The van der Waals surface area contributed by atoms with Crippen molar-refractivity contribution in [2.45, 2.75) is 13.0 Å². The Balaban J connectivity index is 1.58. The van der Waals surface area contributed by atoms with E-state index in [1.165, 1.54) is 6.07 Å². The van der Waals surface area contributed by atoms with Crippen LogP contribution in [-0.2, 0) is 22.5 Å². The largest absolute Gasteiger partial charge is 0.379 e. The second kappa shape index (κ2) is 9.54. The van der Waals surface area contributed by atoms with E-state index in [2.05, 4.69) is 19.4 Å². The van der Waals surface area contributed by atoms with Crippen molar-refractivity contribution < 1.29 is 13.9 Å². The summed E-state index contributed by atoms with van der Waals surface area (Å²) >= 11 is 6.08. The first kappa shape index (κ1) is 22.5. The van der Waals surface area contributed by atoms with Gasteiger partial charge in [-0.25, -0.2) is 14.4 Å². The molecule has 1 saturated heterocycles. The number of pyridine rings is 1. The van der Waals surface area contributed by atoms with Crippen LogP contribution in [0.1, 0.15) is 5.69 Å². The van der Waals surface area contributed by atoms with Gasteiger partial charge < -0.3 is 19.4 Å². The summed E-state index contributed by atoms with van der Waals surface area (Å²) in [6, 6.07) is 8.46. The first-order chi connectivity index (χ1) is 16.5. The fourth-order valence-electron chi connectivity index (χ4n) is 4.26. The monoisotopic (exact) mass is 482 g/mol. The van der Waals surface area contributed by atoms with Crippen LogP contribution in [0, 0.1) is 5.82 Å². The lowest BCUT2D eigenvalue weighted by Gasteiger charge is -2.26. The third-order valence-electron chi connectivity index (χ3n) is 6.00. The Bertz CT molecular complexity index is 1340. The maximum Gasteiger partial charge on any atom is 0.223 e. The van der Waals surface area contributed by atoms with Crippen LogP contribution in [-0.4, -0.2) is 62.6 Å². The standard InChI is InChI=1S/C24H24ClFN6O2/c25-19-11-16(1-3-20(19)26)23-24(31(15-29-23)6-5-30-7-9-34-10-8-30)17-2-4-22-28-13-18(12-21(27)33)32(22)14-17/h1-4,11,13-15H,5-10,12H2,(H2,27,33). The number of imidazole rings is 2. The molecule has 0 atom stereocenters. The predicted octanol–water partition coefficient (Wildman–Crippen LogP) is 3.02. The number of aromatic nitrogens is 4. The summed E-state index contributed by atoms with van der Waals surface area (Å²) in [6.45, 7) is 4.81. The number of nitrogens with zero attached hydrogens (tertiary/aromatic N) is 5. The third kappa shape index (κ3) is 4.54. The van der Waals surface area contributed by atoms with Crippen LogP contribution >= 0.6 is 11.6 Å². The highest BCUT2D eigenvalue weighted by Crippen LogP contribution is 2.33. The second-order valence-electron chi connectivity index (χ2n) is 8.26. The normalized spacial score (nSPS) is 14.6. The first-order valence-electron chi connectivity index (χ1n) is 11.0. The number of carbonyl (C=O) groups is 1. The van der Waals surface area contributed by atoms with Gasteiger partial charge in [0, 0.05) is 49.7 Å². The van der Waals surface area contributed by atoms with Crippen LogP contribution in [0.15, 0.2) is 49.1 Å². The van der Waals surface area contributed by atoms with Crippen LogP contribution in [0.3, 0.4) is 0 Å². The van der Waals surface area contributed by atoms with Crippen molar-refractivity contribution in [3.8, 4) is 22.5 Å². The van der Waals surface area contributed by atoms with Crippen molar-refractivity contribution >= 4 is 23.2 Å². The Kier molecular flexibility index (Phi) is 6.32. The van der Waals surface area contributed by atoms with Gasteiger partial charge >= 0.3 is 0 Å². The van der Waals surface area contributed by atoms with Crippen LogP contribution in [0.5, 0.6) is 0 Å². The van der Waals surface area contributed by atoms with E-state index in [0.717, 1.165) is 49.7 Å². The molecule has 0 bridgehead atoms. The molecular weight excluding hydrogens is 459 g/mol. The number of fused-ring (bicyclic) bond motifs is 1. The number of rotatable bonds is 7. The van der Waals surface area contributed by atoms with Crippen LogP contribution < -0.4 is 5.73 Å². The smallest absolute Gasteiger partial charge is 0.223 e. The minimum atomic E-state index is -0.477. The van der Waals surface area contributed by atoms with Crippen LogP contribution in [0.2, 0.25) is 5.02 Å². The molecule has 2 N–H and O–H groups in total. The van der Waals surface area contributed by atoms with E-state index in [9.17, 15) is 9.18 Å². The van der Waals surface area contributed by atoms with Crippen LogP contribution in [0.25, 0.3) is 28.2 Å². The third-order valence-corrected chi connectivity index (χ3v) is 6.29. The molecule has 1 fully saturated rings. The molecule has 34 heavy (non-hydrogen) atoms. The Morgan fingerprint density at radius 1 is 1.12 bits per heavy atom. The minimum absolute atomic E-state index is 0.0418. The number of carbonyl (C=O) groups excluding carboxylic acids is 1. The van der Waals surface area contributed by atoms with Gasteiger partial charge in [-0.1, -0.05) is 11.6 Å². The minimum Gasteiger partial charge on any atom is -0.379 e. The molecule has 0 unspecified atom stereocenters. The zero-order valence-electron chi connectivity index (χ0n) is 18.5. The average molecular weight is 483 g/mol. The number of benzene rings is 1. The summed E-state index contributed by atoms with van der Waals surface area (Å²) in [7, 11) is 0. The van der Waals surface area contributed by atoms with Crippen molar-refractivity contribution in [1.82, 2.24) is 23.8 Å². The number of nitrogens with two attached hydrogens (primary N) is 1. The number of amides is 1. The molecule has 0 aliphatic carbocycles. The fraction of sp³-hybridized carbons (Fsp3) is 0.292. The molecule has 0 saturated carbocycles. The molecule has 176 valence electrons. The highest BCUT2D eigenvalue weighted by atomic mass is 35.5. The molecule has 0 radical (unpaired) electrons. The molecule has 4 heterocycles. The first-order valence-corrected chi connectivity index (χ1v) is 11.4. The van der Waals surface area contributed by atoms with Gasteiger partial charge in [0.25, 0.3) is 0 Å². The highest BCUT2D eigenvalue weighted by molar-refractivity contribution is 6.31. The van der Waals surface area contributed by atoms with Gasteiger partial charge in [0.1, 0.15) is 11.5 Å². The lowest BCUT2D eigenvalue weighted by atomic mass is 10.1. The van der Waals surface area contributed by atoms with E-state index in [4.69, 9.17) is 22.1 Å². The van der Waals surface area contributed by atoms with Gasteiger partial charge in [-0.3, -0.25) is 9.69 Å². The molecule has 1 aliphatic heterocycles. The lowest BCUT2D eigenvalue weighted by Crippen LogP contribution is -2.38. The van der Waals surface area contributed by atoms with Gasteiger partial charge in [0.2, 0.25) is 5.91 Å². The zero-order chi connectivity index (χ0) is 23.7. The number of ether oxygens (including phenoxy) is 1. The summed E-state index contributed by atoms with van der Waals surface area (Å²) in [4.78, 5) is 22.9. The molecule has 10 heteroatoms. The van der Waals surface area contributed by atoms with E-state index < -0.39 is 11.7 Å². The van der Waals surface area contributed by atoms with E-state index in [1.807, 2.05) is 22.7 Å². The van der Waals surface area contributed by atoms with Crippen molar-refractivity contribution in [2.24, 2.45) is 5.73 Å².